The Hall–Kier alpha value is -0.890. The van der Waals surface area contributed by atoms with Gasteiger partial charge in [0.05, 0.1) is 0 Å². The van der Waals surface area contributed by atoms with Crippen LogP contribution in [0.3, 0.4) is 0 Å². The third kappa shape index (κ3) is 2.84. The highest BCUT2D eigenvalue weighted by Crippen LogP contribution is 2.51. The standard InChI is InChI=1S/C17H24FN/c18-15-6-4-5-14(13-15)8-12-19-16-7-11-17(16)9-2-1-3-10-17/h4-6,13,16,19H,1-3,7-12H2. The highest BCUT2D eigenvalue weighted by Gasteiger charge is 2.46. The van der Waals surface area contributed by atoms with E-state index in [-0.39, 0.29) is 5.82 Å². The molecule has 1 atom stereocenters. The Morgan fingerprint density at radius 2 is 2.00 bits per heavy atom. The molecule has 1 unspecified atom stereocenters. The van der Waals surface area contributed by atoms with Gasteiger partial charge in [-0.15, -0.1) is 0 Å². The molecule has 0 radical (unpaired) electrons. The number of halogens is 1. The highest BCUT2D eigenvalue weighted by molar-refractivity contribution is 5.16. The van der Waals surface area contributed by atoms with Crippen LogP contribution in [-0.4, -0.2) is 12.6 Å². The lowest BCUT2D eigenvalue weighted by atomic mass is 9.57. The lowest BCUT2D eigenvalue weighted by Crippen LogP contribution is -2.54. The minimum atomic E-state index is -0.120. The fourth-order valence-corrected chi connectivity index (χ4v) is 3.95. The van der Waals surface area contributed by atoms with Crippen molar-refractivity contribution in [2.24, 2.45) is 5.41 Å². The van der Waals surface area contributed by atoms with E-state index in [0.29, 0.717) is 5.41 Å². The lowest BCUT2D eigenvalue weighted by molar-refractivity contribution is 0.0236. The zero-order valence-corrected chi connectivity index (χ0v) is 11.6. The van der Waals surface area contributed by atoms with Gasteiger partial charge in [-0.3, -0.25) is 0 Å². The smallest absolute Gasteiger partial charge is 0.123 e. The molecule has 1 nitrogen and oxygen atoms in total. The van der Waals surface area contributed by atoms with Crippen molar-refractivity contribution >= 4 is 0 Å². The van der Waals surface area contributed by atoms with Gasteiger partial charge in [-0.25, -0.2) is 4.39 Å². The SMILES string of the molecule is Fc1cccc(CCNC2CCC23CCCCC3)c1. The molecule has 2 fully saturated rings. The molecule has 19 heavy (non-hydrogen) atoms. The molecule has 2 heteroatoms. The summed E-state index contributed by atoms with van der Waals surface area (Å²) in [7, 11) is 0. The molecule has 1 aromatic carbocycles. The Bertz CT molecular complexity index is 423. The first-order chi connectivity index (χ1) is 9.28. The largest absolute Gasteiger partial charge is 0.313 e. The van der Waals surface area contributed by atoms with Gasteiger partial charge >= 0.3 is 0 Å². The van der Waals surface area contributed by atoms with Crippen molar-refractivity contribution in [3.05, 3.63) is 35.6 Å². The van der Waals surface area contributed by atoms with Crippen molar-refractivity contribution in [2.75, 3.05) is 6.54 Å². The van der Waals surface area contributed by atoms with Crippen LogP contribution in [-0.2, 0) is 6.42 Å². The van der Waals surface area contributed by atoms with Gasteiger partial charge in [-0.1, -0.05) is 31.4 Å². The molecule has 0 amide bonds. The molecule has 1 spiro atoms. The van der Waals surface area contributed by atoms with Gasteiger partial charge in [-0.05, 0) is 61.8 Å². The maximum Gasteiger partial charge on any atom is 0.123 e. The molecular weight excluding hydrogens is 237 g/mol. The van der Waals surface area contributed by atoms with Crippen LogP contribution in [0.4, 0.5) is 4.39 Å². The summed E-state index contributed by atoms with van der Waals surface area (Å²) >= 11 is 0. The van der Waals surface area contributed by atoms with E-state index in [9.17, 15) is 4.39 Å². The molecule has 1 N–H and O–H groups in total. The van der Waals surface area contributed by atoms with Crippen LogP contribution in [0.25, 0.3) is 0 Å². The summed E-state index contributed by atoms with van der Waals surface area (Å²) in [5.41, 5.74) is 1.73. The first-order valence-corrected chi connectivity index (χ1v) is 7.76. The van der Waals surface area contributed by atoms with Gasteiger partial charge in [0.15, 0.2) is 0 Å². The van der Waals surface area contributed by atoms with E-state index in [1.165, 1.54) is 51.0 Å². The van der Waals surface area contributed by atoms with E-state index in [1.54, 1.807) is 12.1 Å². The van der Waals surface area contributed by atoms with E-state index in [1.807, 2.05) is 6.07 Å². The summed E-state index contributed by atoms with van der Waals surface area (Å²) in [4.78, 5) is 0. The second-order valence-electron chi connectivity index (χ2n) is 6.35. The Labute approximate surface area is 115 Å². The van der Waals surface area contributed by atoms with Crippen LogP contribution in [0.5, 0.6) is 0 Å². The van der Waals surface area contributed by atoms with Crippen LogP contribution in [0.1, 0.15) is 50.5 Å². The molecular formula is C17H24FN. The zero-order valence-electron chi connectivity index (χ0n) is 11.6. The van der Waals surface area contributed by atoms with Gasteiger partial charge in [0.2, 0.25) is 0 Å². The van der Waals surface area contributed by atoms with Crippen LogP contribution < -0.4 is 5.32 Å². The molecule has 2 aliphatic rings. The molecule has 0 heterocycles. The van der Waals surface area contributed by atoms with Gasteiger partial charge in [0, 0.05) is 6.04 Å². The van der Waals surface area contributed by atoms with Crippen LogP contribution in [0.15, 0.2) is 24.3 Å². The van der Waals surface area contributed by atoms with Crippen molar-refractivity contribution in [3.63, 3.8) is 0 Å². The molecule has 0 bridgehead atoms. The third-order valence-corrected chi connectivity index (χ3v) is 5.21. The van der Waals surface area contributed by atoms with Crippen molar-refractivity contribution in [3.8, 4) is 0 Å². The molecule has 0 aromatic heterocycles. The van der Waals surface area contributed by atoms with Gasteiger partial charge in [0.1, 0.15) is 5.82 Å². The Morgan fingerprint density at radius 3 is 2.68 bits per heavy atom. The lowest BCUT2D eigenvalue weighted by Gasteiger charge is -2.52. The van der Waals surface area contributed by atoms with Crippen LogP contribution in [0.2, 0.25) is 0 Å². The summed E-state index contributed by atoms with van der Waals surface area (Å²) in [6.07, 6.45) is 10.8. The maximum atomic E-state index is 13.1. The first-order valence-electron chi connectivity index (χ1n) is 7.76. The number of nitrogens with one attached hydrogen (secondary N) is 1. The number of hydrogen-bond donors (Lipinski definition) is 1. The summed E-state index contributed by atoms with van der Waals surface area (Å²) in [6, 6.07) is 7.71. The molecule has 2 aliphatic carbocycles. The number of rotatable bonds is 4. The second kappa shape index (κ2) is 5.62. The average molecular weight is 261 g/mol. The van der Waals surface area contributed by atoms with E-state index < -0.39 is 0 Å². The Morgan fingerprint density at radius 1 is 1.16 bits per heavy atom. The van der Waals surface area contributed by atoms with Crippen molar-refractivity contribution in [1.82, 2.24) is 5.32 Å². The van der Waals surface area contributed by atoms with E-state index in [2.05, 4.69) is 5.32 Å². The maximum absolute atomic E-state index is 13.1. The molecule has 1 aromatic rings. The normalized spacial score (nSPS) is 25.2. The summed E-state index contributed by atoms with van der Waals surface area (Å²) < 4.78 is 13.1. The summed E-state index contributed by atoms with van der Waals surface area (Å²) in [6.45, 7) is 0.982. The van der Waals surface area contributed by atoms with Crippen LogP contribution in [0, 0.1) is 11.2 Å². The molecule has 2 saturated carbocycles. The van der Waals surface area contributed by atoms with Crippen molar-refractivity contribution in [1.29, 1.82) is 0 Å². The Kier molecular flexibility index (Phi) is 3.88. The number of hydrogen-bond acceptors (Lipinski definition) is 1. The molecule has 0 aliphatic heterocycles. The summed E-state index contributed by atoms with van der Waals surface area (Å²) in [5, 5.41) is 3.73. The third-order valence-electron chi connectivity index (χ3n) is 5.21. The fraction of sp³-hybridized carbons (Fsp3) is 0.647. The molecule has 3 rings (SSSR count). The zero-order chi connectivity index (χ0) is 13.1. The first kappa shape index (κ1) is 13.1. The van der Waals surface area contributed by atoms with E-state index in [0.717, 1.165) is 24.6 Å². The molecule has 0 saturated heterocycles. The average Bonchev–Trinajstić information content (AvgIpc) is 2.43. The summed E-state index contributed by atoms with van der Waals surface area (Å²) in [5.74, 6) is -0.120. The fourth-order valence-electron chi connectivity index (χ4n) is 3.95. The van der Waals surface area contributed by atoms with Crippen molar-refractivity contribution < 1.29 is 4.39 Å². The molecule has 104 valence electrons. The minimum Gasteiger partial charge on any atom is -0.313 e. The van der Waals surface area contributed by atoms with Crippen molar-refractivity contribution in [2.45, 2.75) is 57.4 Å². The Balaban J connectivity index is 1.47. The predicted octanol–water partition coefficient (Wildman–Crippen LogP) is 4.07. The quantitative estimate of drug-likeness (QED) is 0.861. The van der Waals surface area contributed by atoms with E-state index >= 15 is 0 Å². The second-order valence-corrected chi connectivity index (χ2v) is 6.35. The minimum absolute atomic E-state index is 0.120. The van der Waals surface area contributed by atoms with Gasteiger partial charge in [-0.2, -0.15) is 0 Å². The monoisotopic (exact) mass is 261 g/mol. The predicted molar refractivity (Wildman–Crippen MR) is 76.6 cm³/mol. The van der Waals surface area contributed by atoms with Crippen LogP contribution >= 0.6 is 0 Å². The van der Waals surface area contributed by atoms with Gasteiger partial charge in [0.25, 0.3) is 0 Å². The van der Waals surface area contributed by atoms with E-state index in [4.69, 9.17) is 0 Å². The topological polar surface area (TPSA) is 12.0 Å². The van der Waals surface area contributed by atoms with Gasteiger partial charge < -0.3 is 5.32 Å². The highest BCUT2D eigenvalue weighted by atomic mass is 19.1. The number of benzene rings is 1.